The Morgan fingerprint density at radius 2 is 0.763 bits per heavy atom. The fourth-order valence-electron chi connectivity index (χ4n) is 7.51. The first-order chi connectivity index (χ1) is 29.0. The fraction of sp³-hybridized carbons (Fsp3) is 0.960. The molecule has 1 amide bonds. The Hall–Kier alpha value is 0.300. The van der Waals surface area contributed by atoms with Gasteiger partial charge in [-0.25, -0.2) is 4.21 Å². The number of carbonyl (C=O) groups excluding carboxylic acids is 2. The number of thioether (sulfide) groups is 3. The third-order valence-electron chi connectivity index (χ3n) is 11.3. The molecule has 9 heteroatoms. The predicted octanol–water partition coefficient (Wildman–Crippen LogP) is 16.7. The highest BCUT2D eigenvalue weighted by Crippen LogP contribution is 2.18. The summed E-state index contributed by atoms with van der Waals surface area (Å²) in [6, 6.07) is 0. The third kappa shape index (κ3) is 49.2. The molecule has 352 valence electrons. The Balaban J connectivity index is 4.30. The van der Waals surface area contributed by atoms with E-state index in [0.717, 1.165) is 30.8 Å². The van der Waals surface area contributed by atoms with Crippen LogP contribution in [0.25, 0.3) is 0 Å². The molecule has 2 unspecified atom stereocenters. The van der Waals surface area contributed by atoms with E-state index in [4.69, 9.17) is 4.18 Å². The van der Waals surface area contributed by atoms with Crippen molar-refractivity contribution in [1.82, 2.24) is 5.32 Å². The van der Waals surface area contributed by atoms with Crippen LogP contribution in [0.5, 0.6) is 0 Å². The highest BCUT2D eigenvalue weighted by molar-refractivity contribution is 8.15. The number of hydrogen-bond donors (Lipinski definition) is 1. The maximum absolute atomic E-state index is 12.9. The summed E-state index contributed by atoms with van der Waals surface area (Å²) in [4.78, 5) is 25.6. The van der Waals surface area contributed by atoms with E-state index in [2.05, 4.69) is 26.1 Å². The van der Waals surface area contributed by atoms with Gasteiger partial charge in [0.1, 0.15) is 6.23 Å². The second-order valence-electron chi connectivity index (χ2n) is 17.3. The van der Waals surface area contributed by atoms with Crippen LogP contribution in [0.2, 0.25) is 0 Å². The van der Waals surface area contributed by atoms with Crippen molar-refractivity contribution in [1.29, 1.82) is 0 Å². The first-order valence-electron chi connectivity index (χ1n) is 25.7. The van der Waals surface area contributed by atoms with Crippen molar-refractivity contribution in [2.45, 2.75) is 271 Å². The summed E-state index contributed by atoms with van der Waals surface area (Å²) in [6.45, 7) is 6.83. The molecule has 0 aliphatic heterocycles. The molecule has 0 heterocycles. The average Bonchev–Trinajstić information content (AvgIpc) is 3.22. The van der Waals surface area contributed by atoms with Gasteiger partial charge in [-0.2, -0.15) is 23.5 Å². The molecule has 0 saturated carbocycles. The van der Waals surface area contributed by atoms with Crippen LogP contribution in [0.1, 0.15) is 265 Å². The molecular formula is C50H99NO4S4. The van der Waals surface area contributed by atoms with Gasteiger partial charge in [0.25, 0.3) is 0 Å². The number of rotatable bonds is 50. The van der Waals surface area contributed by atoms with Gasteiger partial charge in [0.05, 0.1) is 11.5 Å². The quantitative estimate of drug-likeness (QED) is 0.0481. The number of hydrogen-bond acceptors (Lipinski definition) is 7. The molecule has 0 fully saturated rings. The summed E-state index contributed by atoms with van der Waals surface area (Å²) in [6.07, 6.45) is 48.7. The SMILES string of the molecule is CCCCCCCCCCCCCCCS(=O)OC(CCSC(=O)CSCCCCCCCCCCCCCC)NC(=O)CSCCCCCCCCCCCCCC. The molecular weight excluding hydrogens is 807 g/mol. The van der Waals surface area contributed by atoms with Gasteiger partial charge in [0, 0.05) is 17.9 Å². The Bertz CT molecular complexity index is 895. The topological polar surface area (TPSA) is 72.5 Å². The highest BCUT2D eigenvalue weighted by atomic mass is 32.2. The summed E-state index contributed by atoms with van der Waals surface area (Å²) in [5.41, 5.74) is 0. The molecule has 0 spiro atoms. The number of carbonyl (C=O) groups is 2. The first kappa shape index (κ1) is 59.3. The van der Waals surface area contributed by atoms with Gasteiger partial charge in [-0.3, -0.25) is 13.8 Å². The lowest BCUT2D eigenvalue weighted by molar-refractivity contribution is -0.120. The molecule has 59 heavy (non-hydrogen) atoms. The second kappa shape index (κ2) is 50.9. The van der Waals surface area contributed by atoms with Crippen molar-refractivity contribution < 1.29 is 18.0 Å². The van der Waals surface area contributed by atoms with Gasteiger partial charge in [-0.15, -0.1) is 0 Å². The van der Waals surface area contributed by atoms with Crippen LogP contribution in [0.15, 0.2) is 0 Å². The highest BCUT2D eigenvalue weighted by Gasteiger charge is 2.17. The van der Waals surface area contributed by atoms with Crippen LogP contribution in [0.4, 0.5) is 0 Å². The molecule has 0 rings (SSSR count). The summed E-state index contributed by atoms with van der Waals surface area (Å²) in [5.74, 6) is 3.95. The van der Waals surface area contributed by atoms with E-state index in [1.807, 2.05) is 0 Å². The monoisotopic (exact) mass is 906 g/mol. The number of nitrogens with one attached hydrogen (secondary N) is 1. The van der Waals surface area contributed by atoms with E-state index < -0.39 is 17.3 Å². The van der Waals surface area contributed by atoms with Gasteiger partial charge in [-0.1, -0.05) is 251 Å². The van der Waals surface area contributed by atoms with Crippen LogP contribution in [0.3, 0.4) is 0 Å². The maximum atomic E-state index is 12.9. The van der Waals surface area contributed by atoms with Crippen molar-refractivity contribution in [2.75, 3.05) is 34.5 Å². The van der Waals surface area contributed by atoms with E-state index in [9.17, 15) is 13.8 Å². The fourth-order valence-corrected chi connectivity index (χ4v) is 11.1. The molecule has 5 nitrogen and oxygen atoms in total. The zero-order valence-electron chi connectivity index (χ0n) is 39.5. The van der Waals surface area contributed by atoms with Crippen molar-refractivity contribution in [2.24, 2.45) is 0 Å². The minimum atomic E-state index is -1.45. The zero-order valence-corrected chi connectivity index (χ0v) is 42.7. The summed E-state index contributed by atoms with van der Waals surface area (Å²) in [7, 11) is 0. The van der Waals surface area contributed by atoms with Gasteiger partial charge in [-0.05, 0) is 30.8 Å². The lowest BCUT2D eigenvalue weighted by Crippen LogP contribution is -2.39. The second-order valence-corrected chi connectivity index (χ2v) is 21.9. The maximum Gasteiger partial charge on any atom is 0.232 e. The van der Waals surface area contributed by atoms with E-state index in [0.29, 0.717) is 29.4 Å². The Morgan fingerprint density at radius 3 is 1.14 bits per heavy atom. The molecule has 0 aromatic carbocycles. The molecule has 0 aliphatic rings. The first-order valence-corrected chi connectivity index (χ1v) is 30.2. The van der Waals surface area contributed by atoms with Crippen molar-refractivity contribution in [3.8, 4) is 0 Å². The minimum Gasteiger partial charge on any atom is -0.329 e. The molecule has 0 aliphatic carbocycles. The Morgan fingerprint density at radius 1 is 0.441 bits per heavy atom. The Kier molecular flexibility index (Phi) is 51.2. The van der Waals surface area contributed by atoms with E-state index in [1.54, 1.807) is 23.5 Å². The molecule has 2 atom stereocenters. The lowest BCUT2D eigenvalue weighted by atomic mass is 10.1. The number of unbranched alkanes of at least 4 members (excludes halogenated alkanes) is 34. The lowest BCUT2D eigenvalue weighted by Gasteiger charge is -2.18. The van der Waals surface area contributed by atoms with Crippen LogP contribution in [-0.4, -0.2) is 56.0 Å². The molecule has 0 bridgehead atoms. The summed E-state index contributed by atoms with van der Waals surface area (Å²) >= 11 is 3.30. The standard InChI is InChI=1S/C50H99NO4S4/c1-4-7-10-13-16-19-22-25-28-31-34-37-40-45-59(54)55-49(51-48(52)46-56-42-38-35-32-29-26-23-20-17-14-11-8-5-2)41-44-58-50(53)47-57-43-39-36-33-30-27-24-21-18-15-12-9-6-3/h49H,4-47H2,1-3H3,(H,51,52). The van der Waals surface area contributed by atoms with Crippen molar-refractivity contribution in [3.05, 3.63) is 0 Å². The Labute approximate surface area is 384 Å². The van der Waals surface area contributed by atoms with Gasteiger partial charge < -0.3 is 5.32 Å². The predicted molar refractivity (Wildman–Crippen MR) is 271 cm³/mol. The van der Waals surface area contributed by atoms with Gasteiger partial charge >= 0.3 is 0 Å². The molecule has 1 N–H and O–H groups in total. The van der Waals surface area contributed by atoms with Crippen LogP contribution in [0, 0.1) is 0 Å². The zero-order chi connectivity index (χ0) is 43.0. The largest absolute Gasteiger partial charge is 0.329 e. The van der Waals surface area contributed by atoms with E-state index in [1.165, 1.54) is 230 Å². The molecule has 0 aromatic heterocycles. The third-order valence-corrected chi connectivity index (χ3v) is 15.6. The van der Waals surface area contributed by atoms with Gasteiger partial charge in [0.2, 0.25) is 5.91 Å². The minimum absolute atomic E-state index is 0.0637. The van der Waals surface area contributed by atoms with Crippen molar-refractivity contribution >= 4 is 57.4 Å². The van der Waals surface area contributed by atoms with E-state index >= 15 is 0 Å². The van der Waals surface area contributed by atoms with Gasteiger partial charge in [0.15, 0.2) is 16.2 Å². The van der Waals surface area contributed by atoms with Crippen LogP contribution in [-0.2, 0) is 24.9 Å². The van der Waals surface area contributed by atoms with E-state index in [-0.39, 0.29) is 11.0 Å². The van der Waals surface area contributed by atoms with Crippen LogP contribution >= 0.6 is 35.3 Å². The smallest absolute Gasteiger partial charge is 0.232 e. The van der Waals surface area contributed by atoms with Crippen LogP contribution < -0.4 is 5.32 Å². The molecule has 0 aromatic rings. The summed E-state index contributed by atoms with van der Waals surface area (Å²) < 4.78 is 18.9. The molecule has 0 radical (unpaired) electrons. The normalized spacial score (nSPS) is 12.6. The molecule has 0 saturated heterocycles. The average molecular weight is 907 g/mol. The summed E-state index contributed by atoms with van der Waals surface area (Å²) in [5, 5.41) is 3.20. The van der Waals surface area contributed by atoms with Crippen molar-refractivity contribution in [3.63, 3.8) is 0 Å². The number of amides is 1.